The van der Waals surface area contributed by atoms with Crippen molar-refractivity contribution < 1.29 is 9.53 Å². The van der Waals surface area contributed by atoms with E-state index in [1.807, 2.05) is 0 Å². The standard InChI is InChI=1S/C18H32O2P2/c19-17-11-12-18(20-17)21-13-14-22(18,15-7-3-1-4-8-15)16-9-5-2-6-10-16/h15-16,21-22H,1-14H2. The Labute approximate surface area is 137 Å². The van der Waals surface area contributed by atoms with Crippen molar-refractivity contribution in [2.45, 2.75) is 93.5 Å². The third-order valence-corrected chi connectivity index (χ3v) is 18.2. The summed E-state index contributed by atoms with van der Waals surface area (Å²) in [6, 6.07) is 0. The minimum atomic E-state index is -1.52. The Kier molecular flexibility index (Phi) is 4.55. The second-order valence-electron chi connectivity index (χ2n) is 8.19. The maximum atomic E-state index is 12.1. The number of carbonyl (C=O) groups is 1. The molecule has 22 heavy (non-hydrogen) atoms. The molecular weight excluding hydrogens is 310 g/mol. The molecule has 2 saturated heterocycles. The van der Waals surface area contributed by atoms with Crippen molar-refractivity contribution in [2.75, 3.05) is 12.3 Å². The van der Waals surface area contributed by atoms with Crippen molar-refractivity contribution >= 4 is 21.8 Å². The van der Waals surface area contributed by atoms with Crippen LogP contribution in [0.3, 0.4) is 0 Å². The van der Waals surface area contributed by atoms with Gasteiger partial charge >= 0.3 is 137 Å². The summed E-state index contributed by atoms with van der Waals surface area (Å²) in [7, 11) is -0.583. The zero-order chi connectivity index (χ0) is 15.0. The van der Waals surface area contributed by atoms with Gasteiger partial charge in [0.1, 0.15) is 0 Å². The molecular formula is C18H32O2P2. The van der Waals surface area contributed by atoms with Gasteiger partial charge < -0.3 is 0 Å². The van der Waals surface area contributed by atoms with E-state index in [0.717, 1.165) is 32.7 Å². The number of carbonyl (C=O) groups excluding carboxylic acids is 1. The van der Waals surface area contributed by atoms with Crippen LogP contribution in [0.4, 0.5) is 0 Å². The van der Waals surface area contributed by atoms with Gasteiger partial charge in [0, 0.05) is 0 Å². The van der Waals surface area contributed by atoms with E-state index in [-0.39, 0.29) is 11.1 Å². The fourth-order valence-electron chi connectivity index (χ4n) is 6.50. The van der Waals surface area contributed by atoms with E-state index in [9.17, 15) is 4.79 Å². The topological polar surface area (TPSA) is 26.3 Å². The Morgan fingerprint density at radius 3 is 2.05 bits per heavy atom. The van der Waals surface area contributed by atoms with Crippen LogP contribution in [0.1, 0.15) is 77.0 Å². The Bertz CT molecular complexity index is 409. The van der Waals surface area contributed by atoms with Crippen LogP contribution < -0.4 is 0 Å². The predicted molar refractivity (Wildman–Crippen MR) is 98.2 cm³/mol. The van der Waals surface area contributed by atoms with Gasteiger partial charge in [0.25, 0.3) is 0 Å². The summed E-state index contributed by atoms with van der Waals surface area (Å²) < 4.78 is 6.27. The van der Waals surface area contributed by atoms with E-state index in [1.54, 1.807) is 0 Å². The van der Waals surface area contributed by atoms with E-state index in [1.165, 1.54) is 76.5 Å². The molecule has 0 amide bonds. The van der Waals surface area contributed by atoms with Gasteiger partial charge in [-0.25, -0.2) is 0 Å². The Morgan fingerprint density at radius 1 is 0.955 bits per heavy atom. The van der Waals surface area contributed by atoms with Gasteiger partial charge in [0.2, 0.25) is 0 Å². The number of hydrogen-bond acceptors (Lipinski definition) is 2. The molecule has 0 bridgehead atoms. The van der Waals surface area contributed by atoms with E-state index in [0.29, 0.717) is 0 Å². The molecule has 2 nitrogen and oxygen atoms in total. The molecule has 1 spiro atoms. The van der Waals surface area contributed by atoms with Crippen molar-refractivity contribution in [1.29, 1.82) is 0 Å². The molecule has 4 rings (SSSR count). The molecule has 2 aliphatic heterocycles. The summed E-state index contributed by atoms with van der Waals surface area (Å²) in [5.74, 6) is 0.137. The van der Waals surface area contributed by atoms with E-state index >= 15 is 0 Å². The molecule has 126 valence electrons. The van der Waals surface area contributed by atoms with Crippen molar-refractivity contribution in [2.24, 2.45) is 0 Å². The minimum absolute atomic E-state index is 0.105. The summed E-state index contributed by atoms with van der Waals surface area (Å²) in [5.41, 5.74) is 1.95. The Balaban J connectivity index is 1.71. The first-order chi connectivity index (χ1) is 10.8. The van der Waals surface area contributed by atoms with Crippen LogP contribution in [-0.2, 0) is 9.53 Å². The van der Waals surface area contributed by atoms with Gasteiger partial charge in [0.15, 0.2) is 0 Å². The molecule has 0 aromatic carbocycles. The fourth-order valence-corrected chi connectivity index (χ4v) is 19.8. The monoisotopic (exact) mass is 342 g/mol. The van der Waals surface area contributed by atoms with Gasteiger partial charge in [-0.3, -0.25) is 0 Å². The number of esters is 1. The molecule has 0 N–H and O–H groups in total. The quantitative estimate of drug-likeness (QED) is 0.516. The van der Waals surface area contributed by atoms with Crippen LogP contribution in [0.25, 0.3) is 0 Å². The SMILES string of the molecule is O=C1CCC2(O1)PCC[PH]2(C1CCCCC1)C1CCCCC1. The van der Waals surface area contributed by atoms with Crippen molar-refractivity contribution in [3.63, 3.8) is 0 Å². The number of hydrogen-bond donors (Lipinski definition) is 0. The maximum absolute atomic E-state index is 12.1. The second kappa shape index (κ2) is 6.33. The third kappa shape index (κ3) is 2.39. The number of ether oxygens (including phenoxy) is 1. The van der Waals surface area contributed by atoms with Gasteiger partial charge in [-0.05, 0) is 0 Å². The molecule has 2 atom stereocenters. The first-order valence-electron chi connectivity index (χ1n) is 9.74. The first-order valence-corrected chi connectivity index (χ1v) is 13.3. The Hall–Kier alpha value is 0.330. The van der Waals surface area contributed by atoms with Gasteiger partial charge in [-0.15, -0.1) is 0 Å². The Morgan fingerprint density at radius 2 is 1.55 bits per heavy atom. The molecule has 0 aromatic rings. The van der Waals surface area contributed by atoms with E-state index in [4.69, 9.17) is 4.74 Å². The van der Waals surface area contributed by atoms with Crippen molar-refractivity contribution in [3.05, 3.63) is 0 Å². The van der Waals surface area contributed by atoms with Crippen molar-refractivity contribution in [3.8, 4) is 0 Å². The van der Waals surface area contributed by atoms with Crippen LogP contribution in [0.15, 0.2) is 0 Å². The molecule has 4 aliphatic rings. The summed E-state index contributed by atoms with van der Waals surface area (Å²) in [6.45, 7) is 0. The normalized spacial score (nSPS) is 39.4. The van der Waals surface area contributed by atoms with Crippen LogP contribution in [0.5, 0.6) is 0 Å². The van der Waals surface area contributed by atoms with Gasteiger partial charge in [-0.2, -0.15) is 0 Å². The van der Waals surface area contributed by atoms with E-state index in [2.05, 4.69) is 0 Å². The van der Waals surface area contributed by atoms with Crippen LogP contribution in [0.2, 0.25) is 0 Å². The first kappa shape index (κ1) is 15.8. The molecule has 4 fully saturated rings. The predicted octanol–water partition coefficient (Wildman–Crippen LogP) is 5.08. The zero-order valence-corrected chi connectivity index (χ0v) is 15.9. The summed E-state index contributed by atoms with van der Waals surface area (Å²) >= 11 is 0. The third-order valence-electron chi connectivity index (χ3n) is 7.34. The molecule has 2 heterocycles. The van der Waals surface area contributed by atoms with Crippen LogP contribution in [0, 0.1) is 0 Å². The van der Waals surface area contributed by atoms with Crippen LogP contribution >= 0.6 is 15.8 Å². The summed E-state index contributed by atoms with van der Waals surface area (Å²) in [6.07, 6.45) is 19.2. The van der Waals surface area contributed by atoms with Gasteiger partial charge in [-0.1, -0.05) is 0 Å². The molecule has 2 unspecified atom stereocenters. The van der Waals surface area contributed by atoms with Crippen molar-refractivity contribution in [1.82, 2.24) is 0 Å². The summed E-state index contributed by atoms with van der Waals surface area (Å²) in [4.78, 5) is 12.1. The molecule has 0 radical (unpaired) electrons. The number of rotatable bonds is 2. The fraction of sp³-hybridized carbons (Fsp3) is 0.944. The average molecular weight is 342 g/mol. The molecule has 4 heteroatoms. The molecule has 0 aromatic heterocycles. The molecule has 2 aliphatic carbocycles. The average Bonchev–Trinajstić information content (AvgIpc) is 3.14. The zero-order valence-electron chi connectivity index (χ0n) is 13.9. The molecule has 2 saturated carbocycles. The summed E-state index contributed by atoms with van der Waals surface area (Å²) in [5, 5.41) is 0.105. The second-order valence-corrected chi connectivity index (χ2v) is 15.4. The van der Waals surface area contributed by atoms with E-state index < -0.39 is 7.26 Å². The van der Waals surface area contributed by atoms with Crippen LogP contribution in [-0.4, -0.2) is 34.7 Å². The van der Waals surface area contributed by atoms with Gasteiger partial charge in [0.05, 0.1) is 0 Å².